The highest BCUT2D eigenvalue weighted by molar-refractivity contribution is 5.63. The molecule has 1 aliphatic heterocycles. The number of likely N-dealkylation sites (N-methyl/N-ethyl adjacent to an activating group) is 1. The van der Waals surface area contributed by atoms with Crippen molar-refractivity contribution in [2.45, 2.75) is 0 Å². The molecule has 1 aromatic heterocycles. The molecule has 0 aromatic carbocycles. The van der Waals surface area contributed by atoms with Gasteiger partial charge in [0.1, 0.15) is 6.26 Å². The van der Waals surface area contributed by atoms with E-state index in [2.05, 4.69) is 9.88 Å². The van der Waals surface area contributed by atoms with E-state index < -0.39 is 0 Å². The summed E-state index contributed by atoms with van der Waals surface area (Å²) < 4.78 is 5.18. The molecule has 0 amide bonds. The fourth-order valence-electron chi connectivity index (χ4n) is 1.20. The average molecular weight is 162 g/mol. The number of oxazole rings is 1. The van der Waals surface area contributed by atoms with Crippen LogP contribution in [0.2, 0.25) is 0 Å². The molecule has 0 saturated heterocycles. The summed E-state index contributed by atoms with van der Waals surface area (Å²) >= 11 is 0. The maximum atomic E-state index is 5.18. The van der Waals surface area contributed by atoms with Gasteiger partial charge in [-0.3, -0.25) is 0 Å². The first kappa shape index (κ1) is 7.16. The first-order valence-corrected chi connectivity index (χ1v) is 3.84. The van der Waals surface area contributed by atoms with Crippen molar-refractivity contribution < 1.29 is 4.42 Å². The lowest BCUT2D eigenvalue weighted by molar-refractivity contribution is 0.490. The molecule has 2 rings (SSSR count). The van der Waals surface area contributed by atoms with Gasteiger partial charge >= 0.3 is 0 Å². The highest BCUT2D eigenvalue weighted by Gasteiger charge is 2.09. The zero-order valence-electron chi connectivity index (χ0n) is 6.90. The molecule has 2 heterocycles. The van der Waals surface area contributed by atoms with Crippen LogP contribution in [-0.4, -0.2) is 23.5 Å². The summed E-state index contributed by atoms with van der Waals surface area (Å²) in [5.41, 5.74) is 1.12. The molecule has 0 fully saturated rings. The molecule has 0 unspecified atom stereocenters. The topological polar surface area (TPSA) is 29.3 Å². The standard InChI is InChI=1S/C9H10N2O/c1-11-5-2-3-8(7-11)9-10-4-6-12-9/h2-6H,7H2,1H3. The first-order valence-electron chi connectivity index (χ1n) is 3.84. The largest absolute Gasteiger partial charge is 0.445 e. The van der Waals surface area contributed by atoms with Gasteiger partial charge in [-0.25, -0.2) is 4.98 Å². The van der Waals surface area contributed by atoms with Gasteiger partial charge in [-0.15, -0.1) is 0 Å². The molecule has 62 valence electrons. The van der Waals surface area contributed by atoms with Crippen molar-refractivity contribution in [3.63, 3.8) is 0 Å². The molecule has 0 aliphatic carbocycles. The van der Waals surface area contributed by atoms with Crippen molar-refractivity contribution in [2.75, 3.05) is 13.6 Å². The summed E-state index contributed by atoms with van der Waals surface area (Å²) in [4.78, 5) is 6.16. The minimum atomic E-state index is 0.714. The molecule has 12 heavy (non-hydrogen) atoms. The monoisotopic (exact) mass is 162 g/mol. The van der Waals surface area contributed by atoms with Crippen LogP contribution >= 0.6 is 0 Å². The molecule has 0 atom stereocenters. The molecule has 1 aromatic rings. The lowest BCUT2D eigenvalue weighted by atomic mass is 10.2. The zero-order valence-corrected chi connectivity index (χ0v) is 6.90. The Morgan fingerprint density at radius 2 is 2.50 bits per heavy atom. The summed E-state index contributed by atoms with van der Waals surface area (Å²) in [6.07, 6.45) is 9.28. The Bertz CT molecular complexity index is 311. The normalized spacial score (nSPS) is 16.4. The van der Waals surface area contributed by atoms with E-state index in [-0.39, 0.29) is 0 Å². The zero-order chi connectivity index (χ0) is 8.39. The second kappa shape index (κ2) is 2.85. The van der Waals surface area contributed by atoms with Crippen LogP contribution in [0.3, 0.4) is 0 Å². The minimum absolute atomic E-state index is 0.714. The van der Waals surface area contributed by atoms with Gasteiger partial charge in [-0.1, -0.05) is 6.08 Å². The third-order valence-corrected chi connectivity index (χ3v) is 1.76. The Balaban J connectivity index is 2.26. The molecule has 0 spiro atoms. The van der Waals surface area contributed by atoms with Gasteiger partial charge in [0, 0.05) is 19.2 Å². The van der Waals surface area contributed by atoms with E-state index in [4.69, 9.17) is 4.42 Å². The lowest BCUT2D eigenvalue weighted by Crippen LogP contribution is -2.16. The molecule has 3 nitrogen and oxygen atoms in total. The van der Waals surface area contributed by atoms with Gasteiger partial charge in [0.05, 0.1) is 6.20 Å². The van der Waals surface area contributed by atoms with E-state index in [1.165, 1.54) is 0 Å². The van der Waals surface area contributed by atoms with Crippen LogP contribution in [0, 0.1) is 0 Å². The Morgan fingerprint density at radius 1 is 1.58 bits per heavy atom. The van der Waals surface area contributed by atoms with Gasteiger partial charge < -0.3 is 9.32 Å². The fraction of sp³-hybridized carbons (Fsp3) is 0.222. The number of aromatic nitrogens is 1. The summed E-state index contributed by atoms with van der Waals surface area (Å²) in [6.45, 7) is 0.858. The Kier molecular flexibility index (Phi) is 1.70. The highest BCUT2D eigenvalue weighted by Crippen LogP contribution is 2.16. The third kappa shape index (κ3) is 1.25. The van der Waals surface area contributed by atoms with Crippen LogP contribution in [0.5, 0.6) is 0 Å². The maximum Gasteiger partial charge on any atom is 0.223 e. The van der Waals surface area contributed by atoms with Gasteiger partial charge in [0.25, 0.3) is 0 Å². The molecule has 0 saturated carbocycles. The quantitative estimate of drug-likeness (QED) is 0.627. The number of hydrogen-bond acceptors (Lipinski definition) is 3. The molecule has 0 bridgehead atoms. The second-order valence-corrected chi connectivity index (χ2v) is 2.79. The van der Waals surface area contributed by atoms with Gasteiger partial charge in [0.2, 0.25) is 5.89 Å². The lowest BCUT2D eigenvalue weighted by Gasteiger charge is -2.17. The molecule has 0 N–H and O–H groups in total. The Hall–Kier alpha value is -1.51. The van der Waals surface area contributed by atoms with E-state index in [1.807, 2.05) is 25.4 Å². The van der Waals surface area contributed by atoms with E-state index in [1.54, 1.807) is 12.5 Å². The summed E-state index contributed by atoms with van der Waals surface area (Å²) in [7, 11) is 2.02. The number of rotatable bonds is 1. The van der Waals surface area contributed by atoms with E-state index in [0.717, 1.165) is 12.1 Å². The van der Waals surface area contributed by atoms with E-state index >= 15 is 0 Å². The SMILES string of the molecule is CN1C=CC=C(c2ncco2)C1. The highest BCUT2D eigenvalue weighted by atomic mass is 16.3. The predicted octanol–water partition coefficient (Wildman–Crippen LogP) is 1.52. The Labute approximate surface area is 71.0 Å². The van der Waals surface area contributed by atoms with Crippen molar-refractivity contribution in [2.24, 2.45) is 0 Å². The molecule has 3 heteroatoms. The van der Waals surface area contributed by atoms with Crippen molar-refractivity contribution in [1.82, 2.24) is 9.88 Å². The molecule has 0 radical (unpaired) electrons. The fourth-order valence-corrected chi connectivity index (χ4v) is 1.20. The smallest absolute Gasteiger partial charge is 0.223 e. The summed E-state index contributed by atoms with van der Waals surface area (Å²) in [6, 6.07) is 0. The maximum absolute atomic E-state index is 5.18. The van der Waals surface area contributed by atoms with Gasteiger partial charge in [-0.2, -0.15) is 0 Å². The Morgan fingerprint density at radius 3 is 3.17 bits per heavy atom. The van der Waals surface area contributed by atoms with E-state index in [0.29, 0.717) is 5.89 Å². The van der Waals surface area contributed by atoms with Gasteiger partial charge in [-0.05, 0) is 12.3 Å². The molecular formula is C9H10N2O. The van der Waals surface area contributed by atoms with E-state index in [9.17, 15) is 0 Å². The van der Waals surface area contributed by atoms with Crippen LogP contribution in [-0.2, 0) is 0 Å². The molecular weight excluding hydrogens is 152 g/mol. The number of allylic oxidation sites excluding steroid dienone is 2. The average Bonchev–Trinajstić information content (AvgIpc) is 2.56. The summed E-state index contributed by atoms with van der Waals surface area (Å²) in [5.74, 6) is 0.714. The first-order chi connectivity index (χ1) is 5.86. The van der Waals surface area contributed by atoms with Crippen LogP contribution < -0.4 is 0 Å². The van der Waals surface area contributed by atoms with Crippen LogP contribution in [0.1, 0.15) is 5.89 Å². The number of hydrogen-bond donors (Lipinski definition) is 0. The second-order valence-electron chi connectivity index (χ2n) is 2.79. The van der Waals surface area contributed by atoms with Crippen molar-refractivity contribution in [3.8, 4) is 0 Å². The van der Waals surface area contributed by atoms with Crippen LogP contribution in [0.25, 0.3) is 5.57 Å². The van der Waals surface area contributed by atoms with Crippen molar-refractivity contribution in [1.29, 1.82) is 0 Å². The minimum Gasteiger partial charge on any atom is -0.445 e. The van der Waals surface area contributed by atoms with Crippen LogP contribution in [0.15, 0.2) is 35.2 Å². The van der Waals surface area contributed by atoms with Crippen LogP contribution in [0.4, 0.5) is 0 Å². The predicted molar refractivity (Wildman–Crippen MR) is 46.3 cm³/mol. The van der Waals surface area contributed by atoms with Crippen molar-refractivity contribution >= 4 is 5.57 Å². The third-order valence-electron chi connectivity index (χ3n) is 1.76. The number of nitrogens with zero attached hydrogens (tertiary/aromatic N) is 2. The van der Waals surface area contributed by atoms with Gasteiger partial charge in [0.15, 0.2) is 0 Å². The van der Waals surface area contributed by atoms with Crippen molar-refractivity contribution in [3.05, 3.63) is 36.7 Å². The summed E-state index contributed by atoms with van der Waals surface area (Å²) in [5, 5.41) is 0. The molecule has 1 aliphatic rings.